The van der Waals surface area contributed by atoms with Gasteiger partial charge in [-0.15, -0.1) is 24.8 Å². The van der Waals surface area contributed by atoms with E-state index in [1.165, 1.54) is 12.8 Å². The summed E-state index contributed by atoms with van der Waals surface area (Å²) in [4.78, 5) is 7.03. The van der Waals surface area contributed by atoms with Crippen LogP contribution < -0.4 is 4.74 Å². The lowest BCUT2D eigenvalue weighted by molar-refractivity contribution is -0.0562. The summed E-state index contributed by atoms with van der Waals surface area (Å²) in [6.45, 7) is 9.69. The fraction of sp³-hybridized carbons (Fsp3) is 0.625. The Balaban J connectivity index is 0.00000160. The van der Waals surface area contributed by atoms with Crippen molar-refractivity contribution in [1.82, 2.24) is 9.88 Å². The summed E-state index contributed by atoms with van der Waals surface area (Å²) in [5.74, 6) is 3.05. The van der Waals surface area contributed by atoms with Gasteiger partial charge >= 0.3 is 0 Å². The first-order valence-corrected chi connectivity index (χ1v) is 11.0. The molecule has 5 rings (SSSR count). The van der Waals surface area contributed by atoms with Crippen molar-refractivity contribution in [3.8, 4) is 5.75 Å². The highest BCUT2D eigenvalue weighted by Gasteiger charge is 2.42. The van der Waals surface area contributed by atoms with E-state index in [1.807, 2.05) is 24.4 Å². The topological polar surface area (TPSA) is 77.1 Å². The molecule has 3 N–H and O–H groups in total. The van der Waals surface area contributed by atoms with Crippen LogP contribution in [0.3, 0.4) is 0 Å². The molecule has 2 bridgehead atoms. The summed E-state index contributed by atoms with van der Waals surface area (Å²) < 4.78 is 5.96. The van der Waals surface area contributed by atoms with E-state index < -0.39 is 6.10 Å². The van der Waals surface area contributed by atoms with E-state index in [2.05, 4.69) is 36.7 Å². The van der Waals surface area contributed by atoms with Crippen molar-refractivity contribution >= 4 is 35.7 Å². The third-order valence-electron chi connectivity index (χ3n) is 6.85. The van der Waals surface area contributed by atoms with Gasteiger partial charge in [0.1, 0.15) is 5.75 Å². The first kappa shape index (κ1) is 27.9. The standard InChI is InChI=1S/C24H34N2O2.2ClH.H2O/c1-4-17-15-26-11-8-18(17)13-23(26)24(27)20-7-10-25-22-6-5-19(14-21(20)22)28-12-9-16(2)3;;;/h5-7,10,14,16-18,23-24,27H,4,8-9,11-13,15H2,1-3H3;2*1H;1H2/t17-,18-,23+,24+;;;/m0.../s1. The van der Waals surface area contributed by atoms with Crippen molar-refractivity contribution in [2.24, 2.45) is 17.8 Å². The van der Waals surface area contributed by atoms with E-state index in [9.17, 15) is 5.11 Å². The van der Waals surface area contributed by atoms with Gasteiger partial charge in [0.2, 0.25) is 0 Å². The van der Waals surface area contributed by atoms with Crippen LogP contribution in [-0.4, -0.2) is 46.2 Å². The quantitative estimate of drug-likeness (QED) is 0.625. The number of ether oxygens (including phenoxy) is 1. The Bertz CT molecular complexity index is 821. The minimum atomic E-state index is -0.475. The number of aliphatic hydroxyl groups excluding tert-OH is 1. The zero-order valence-corrected chi connectivity index (χ0v) is 20.4. The van der Waals surface area contributed by atoms with Gasteiger partial charge in [-0.3, -0.25) is 9.88 Å². The van der Waals surface area contributed by atoms with Gasteiger partial charge in [-0.2, -0.15) is 0 Å². The molecule has 0 aliphatic carbocycles. The van der Waals surface area contributed by atoms with Crippen LogP contribution in [0.15, 0.2) is 30.5 Å². The molecule has 0 spiro atoms. The molecule has 176 valence electrons. The number of rotatable bonds is 7. The highest BCUT2D eigenvalue weighted by molar-refractivity contribution is 5.85. The number of aliphatic hydroxyl groups is 1. The molecule has 1 unspecified atom stereocenters. The average molecular weight is 473 g/mol. The van der Waals surface area contributed by atoms with E-state index in [4.69, 9.17) is 4.74 Å². The van der Waals surface area contributed by atoms with Crippen LogP contribution in [0, 0.1) is 17.8 Å². The molecule has 5 nitrogen and oxygen atoms in total. The molecule has 2 aromatic rings. The zero-order chi connectivity index (χ0) is 19.7. The molecule has 0 radical (unpaired) electrons. The Labute approximate surface area is 198 Å². The normalized spacial score (nSPS) is 25.3. The third-order valence-corrected chi connectivity index (χ3v) is 6.85. The molecular formula is C24H38Cl2N2O3. The maximum Gasteiger partial charge on any atom is 0.120 e. The van der Waals surface area contributed by atoms with Crippen LogP contribution in [-0.2, 0) is 0 Å². The smallest absolute Gasteiger partial charge is 0.120 e. The van der Waals surface area contributed by atoms with E-state index in [1.54, 1.807) is 0 Å². The van der Waals surface area contributed by atoms with Gasteiger partial charge < -0.3 is 15.3 Å². The predicted molar refractivity (Wildman–Crippen MR) is 132 cm³/mol. The predicted octanol–water partition coefficient (Wildman–Crippen LogP) is 4.83. The summed E-state index contributed by atoms with van der Waals surface area (Å²) >= 11 is 0. The Hall–Kier alpha value is -1.11. The van der Waals surface area contributed by atoms with Crippen LogP contribution in [0.4, 0.5) is 0 Å². The molecule has 1 aromatic heterocycles. The third kappa shape index (κ3) is 6.02. The van der Waals surface area contributed by atoms with E-state index in [-0.39, 0.29) is 36.3 Å². The van der Waals surface area contributed by atoms with Crippen molar-refractivity contribution in [2.45, 2.75) is 58.6 Å². The fourth-order valence-corrected chi connectivity index (χ4v) is 5.08. The van der Waals surface area contributed by atoms with Crippen LogP contribution in [0.5, 0.6) is 5.75 Å². The summed E-state index contributed by atoms with van der Waals surface area (Å²) in [6.07, 6.45) is 6.03. The van der Waals surface area contributed by atoms with Gasteiger partial charge in [-0.25, -0.2) is 0 Å². The highest BCUT2D eigenvalue weighted by atomic mass is 35.5. The largest absolute Gasteiger partial charge is 0.494 e. The maximum absolute atomic E-state index is 11.4. The Kier molecular flexibility index (Phi) is 11.0. The lowest BCUT2D eigenvalue weighted by Gasteiger charge is -2.51. The number of hydrogen-bond acceptors (Lipinski definition) is 4. The molecule has 3 fully saturated rings. The van der Waals surface area contributed by atoms with Crippen molar-refractivity contribution in [3.63, 3.8) is 0 Å². The fourth-order valence-electron chi connectivity index (χ4n) is 5.08. The van der Waals surface area contributed by atoms with E-state index >= 15 is 0 Å². The highest BCUT2D eigenvalue weighted by Crippen LogP contribution is 2.42. The van der Waals surface area contributed by atoms with Gasteiger partial charge in [0.15, 0.2) is 0 Å². The molecule has 4 heterocycles. The van der Waals surface area contributed by atoms with Crippen molar-refractivity contribution < 1.29 is 15.3 Å². The summed E-state index contributed by atoms with van der Waals surface area (Å²) in [5.41, 5.74) is 1.92. The molecular weight excluding hydrogens is 435 g/mol. The molecule has 1 aromatic carbocycles. The number of halogens is 2. The zero-order valence-electron chi connectivity index (χ0n) is 18.8. The first-order chi connectivity index (χ1) is 13.6. The number of nitrogens with zero attached hydrogens (tertiary/aromatic N) is 2. The number of hydrogen-bond donors (Lipinski definition) is 1. The number of aromatic nitrogens is 1. The Morgan fingerprint density at radius 2 is 2.00 bits per heavy atom. The van der Waals surface area contributed by atoms with Gasteiger partial charge in [0, 0.05) is 24.2 Å². The summed E-state index contributed by atoms with van der Waals surface area (Å²) in [7, 11) is 0. The first-order valence-electron chi connectivity index (χ1n) is 11.0. The molecule has 7 heteroatoms. The second-order valence-corrected chi connectivity index (χ2v) is 9.07. The molecule has 31 heavy (non-hydrogen) atoms. The van der Waals surface area contributed by atoms with E-state index in [0.29, 0.717) is 5.92 Å². The number of pyridine rings is 1. The number of fused-ring (bicyclic) bond motifs is 4. The van der Waals surface area contributed by atoms with Gasteiger partial charge in [0.25, 0.3) is 0 Å². The lowest BCUT2D eigenvalue weighted by Crippen LogP contribution is -2.55. The Morgan fingerprint density at radius 3 is 2.65 bits per heavy atom. The van der Waals surface area contributed by atoms with Gasteiger partial charge in [0.05, 0.1) is 18.2 Å². The van der Waals surface area contributed by atoms with Gasteiger partial charge in [-0.05, 0) is 73.4 Å². The lowest BCUT2D eigenvalue weighted by atomic mass is 9.72. The van der Waals surface area contributed by atoms with Crippen molar-refractivity contribution in [3.05, 3.63) is 36.0 Å². The van der Waals surface area contributed by atoms with Crippen LogP contribution >= 0.6 is 24.8 Å². The maximum atomic E-state index is 11.4. The van der Waals surface area contributed by atoms with E-state index in [0.717, 1.165) is 66.6 Å². The van der Waals surface area contributed by atoms with Crippen LogP contribution in [0.1, 0.15) is 58.1 Å². The summed E-state index contributed by atoms with van der Waals surface area (Å²) in [6, 6.07) is 8.27. The average Bonchev–Trinajstić information content (AvgIpc) is 2.72. The monoisotopic (exact) mass is 472 g/mol. The number of benzene rings is 1. The minimum Gasteiger partial charge on any atom is -0.494 e. The molecule has 0 amide bonds. The minimum absolute atomic E-state index is 0. The van der Waals surface area contributed by atoms with Crippen LogP contribution in [0.25, 0.3) is 10.9 Å². The second-order valence-electron chi connectivity index (χ2n) is 9.07. The van der Waals surface area contributed by atoms with Crippen molar-refractivity contribution in [1.29, 1.82) is 0 Å². The number of piperidine rings is 3. The molecule has 5 atom stereocenters. The summed E-state index contributed by atoms with van der Waals surface area (Å²) in [5, 5.41) is 12.4. The molecule has 3 saturated heterocycles. The van der Waals surface area contributed by atoms with Crippen molar-refractivity contribution in [2.75, 3.05) is 19.7 Å². The SMILES string of the molecule is CC[C@H]1CN2CC[C@H]1C[C@@H]2[C@H](O)c1ccnc2ccc(OCCC(C)C)cc12.Cl.Cl.O. The second kappa shape index (κ2) is 12.2. The van der Waals surface area contributed by atoms with Crippen LogP contribution in [0.2, 0.25) is 0 Å². The van der Waals surface area contributed by atoms with Gasteiger partial charge in [-0.1, -0.05) is 27.2 Å². The molecule has 3 aliphatic rings. The Morgan fingerprint density at radius 1 is 1.23 bits per heavy atom. The molecule has 3 aliphatic heterocycles. The molecule has 0 saturated carbocycles.